The lowest BCUT2D eigenvalue weighted by molar-refractivity contribution is -0.114. The number of carbonyl (C=O) groups is 2. The Labute approximate surface area is 239 Å². The fourth-order valence-electron chi connectivity index (χ4n) is 4.76. The maximum Gasteiger partial charge on any atom is 0.254 e. The van der Waals surface area contributed by atoms with Gasteiger partial charge in [-0.3, -0.25) is 9.59 Å². The van der Waals surface area contributed by atoms with Crippen molar-refractivity contribution in [3.8, 4) is 11.8 Å². The number of ether oxygens (including phenoxy) is 1. The van der Waals surface area contributed by atoms with Gasteiger partial charge < -0.3 is 20.7 Å². The lowest BCUT2D eigenvalue weighted by atomic mass is 9.82. The molecule has 3 aromatic carbocycles. The van der Waals surface area contributed by atoms with Gasteiger partial charge >= 0.3 is 0 Å². The average molecular weight is 553 g/mol. The molecule has 0 saturated carbocycles. The van der Waals surface area contributed by atoms with E-state index in [2.05, 4.69) is 28.9 Å². The summed E-state index contributed by atoms with van der Waals surface area (Å²) in [7, 11) is 1.54. The summed E-state index contributed by atoms with van der Waals surface area (Å²) in [5.74, 6) is -0.492. The number of aryl methyl sites for hydroxylation is 2. The van der Waals surface area contributed by atoms with Crippen LogP contribution in [0.3, 0.4) is 0 Å². The number of thioether (sulfide) groups is 1. The Morgan fingerprint density at radius 3 is 2.42 bits per heavy atom. The average Bonchev–Trinajstić information content (AvgIpc) is 2.97. The normalized spacial score (nSPS) is 14.7. The number of nitrogens with zero attached hydrogens (tertiary/aromatic N) is 1. The number of anilines is 2. The first-order valence-corrected chi connectivity index (χ1v) is 14.0. The lowest BCUT2D eigenvalue weighted by Gasteiger charge is -2.30. The second-order valence-electron chi connectivity index (χ2n) is 9.32. The van der Waals surface area contributed by atoms with Crippen LogP contribution >= 0.6 is 11.8 Å². The largest absolute Gasteiger partial charge is 0.495 e. The topological polar surface area (TPSA) is 103 Å². The molecule has 0 aliphatic carbocycles. The van der Waals surface area contributed by atoms with E-state index in [0.29, 0.717) is 33.3 Å². The predicted octanol–water partition coefficient (Wildman–Crippen LogP) is 6.27. The van der Waals surface area contributed by atoms with Crippen LogP contribution in [0.25, 0.3) is 0 Å². The molecule has 8 heteroatoms. The number of amides is 2. The number of para-hydroxylation sites is 3. The summed E-state index contributed by atoms with van der Waals surface area (Å²) in [6, 6.07) is 24.9. The first-order valence-electron chi connectivity index (χ1n) is 13.0. The van der Waals surface area contributed by atoms with E-state index in [-0.39, 0.29) is 17.6 Å². The zero-order chi connectivity index (χ0) is 28.6. The Hall–Kier alpha value is -4.48. The van der Waals surface area contributed by atoms with Crippen molar-refractivity contribution in [2.24, 2.45) is 0 Å². The Balaban J connectivity index is 1.63. The van der Waals surface area contributed by atoms with E-state index < -0.39 is 5.92 Å². The van der Waals surface area contributed by atoms with E-state index in [4.69, 9.17) is 4.74 Å². The van der Waals surface area contributed by atoms with Gasteiger partial charge in [0, 0.05) is 17.0 Å². The molecule has 7 nitrogen and oxygen atoms in total. The molecule has 4 rings (SSSR count). The fraction of sp³-hybridized carbons (Fsp3) is 0.219. The minimum absolute atomic E-state index is 0.0997. The van der Waals surface area contributed by atoms with Gasteiger partial charge in [0.25, 0.3) is 5.91 Å². The van der Waals surface area contributed by atoms with Crippen molar-refractivity contribution in [2.45, 2.75) is 33.1 Å². The van der Waals surface area contributed by atoms with E-state index in [1.54, 1.807) is 19.2 Å². The van der Waals surface area contributed by atoms with Crippen LogP contribution in [0.2, 0.25) is 0 Å². The van der Waals surface area contributed by atoms with Crippen molar-refractivity contribution in [3.05, 3.63) is 111 Å². The first kappa shape index (κ1) is 28.5. The van der Waals surface area contributed by atoms with Gasteiger partial charge in [-0.15, -0.1) is 0 Å². The molecule has 0 unspecified atom stereocenters. The van der Waals surface area contributed by atoms with Gasteiger partial charge in [-0.05, 0) is 49.1 Å². The van der Waals surface area contributed by atoms with Crippen LogP contribution < -0.4 is 20.7 Å². The molecule has 3 aromatic rings. The molecule has 0 spiro atoms. The summed E-state index contributed by atoms with van der Waals surface area (Å²) in [4.78, 5) is 26.7. The van der Waals surface area contributed by atoms with Crippen molar-refractivity contribution < 1.29 is 14.3 Å². The van der Waals surface area contributed by atoms with Gasteiger partial charge in [-0.2, -0.15) is 5.26 Å². The number of carbonyl (C=O) groups excluding carboxylic acids is 2. The lowest BCUT2D eigenvalue weighted by Crippen LogP contribution is -2.31. The summed E-state index contributed by atoms with van der Waals surface area (Å²) in [6.07, 6.45) is 0.804. The zero-order valence-corrected chi connectivity index (χ0v) is 23.8. The number of nitrogens with one attached hydrogen (secondary N) is 3. The summed E-state index contributed by atoms with van der Waals surface area (Å²) in [5, 5.41) is 20.1. The highest BCUT2D eigenvalue weighted by molar-refractivity contribution is 8.03. The smallest absolute Gasteiger partial charge is 0.254 e. The third-order valence-electron chi connectivity index (χ3n) is 6.73. The SMILES string of the molecule is CCc1cccc(C)c1NC(=O)CSC1=C(C#N)[C@H](c2ccccc2)C(C(=O)Nc2ccccc2OC)=C(C)N1. The van der Waals surface area contributed by atoms with E-state index in [0.717, 1.165) is 28.8 Å². The summed E-state index contributed by atoms with van der Waals surface area (Å²) in [6.45, 7) is 5.83. The second-order valence-corrected chi connectivity index (χ2v) is 10.3. The van der Waals surface area contributed by atoms with Crippen LogP contribution in [0.1, 0.15) is 36.5 Å². The number of allylic oxidation sites excluding steroid dienone is 2. The highest BCUT2D eigenvalue weighted by Crippen LogP contribution is 2.41. The second kappa shape index (κ2) is 13.0. The minimum Gasteiger partial charge on any atom is -0.495 e. The molecule has 1 aliphatic rings. The van der Waals surface area contributed by atoms with E-state index in [9.17, 15) is 14.9 Å². The molecule has 1 aliphatic heterocycles. The maximum atomic E-state index is 13.7. The standard InChI is InChI=1S/C32H32N4O3S/c1-5-22-15-11-12-20(2)30(22)36-27(37)19-40-32-24(18-33)29(23-13-7-6-8-14-23)28(21(3)34-32)31(38)35-25-16-9-10-17-26(25)39-4/h6-17,29,34H,5,19H2,1-4H3,(H,35,38)(H,36,37)/t29-/m0/s1. The van der Waals surface area contributed by atoms with Gasteiger partial charge in [-0.1, -0.05) is 79.3 Å². The number of hydrogen-bond donors (Lipinski definition) is 3. The predicted molar refractivity (Wildman–Crippen MR) is 161 cm³/mol. The van der Waals surface area contributed by atoms with Gasteiger partial charge in [0.05, 0.1) is 41.1 Å². The van der Waals surface area contributed by atoms with Crippen LogP contribution in [0.4, 0.5) is 11.4 Å². The van der Waals surface area contributed by atoms with Crippen molar-refractivity contribution >= 4 is 35.0 Å². The van der Waals surface area contributed by atoms with Crippen LogP contribution in [0.15, 0.2) is 94.7 Å². The van der Waals surface area contributed by atoms with Crippen LogP contribution in [-0.2, 0) is 16.0 Å². The molecule has 1 heterocycles. The summed E-state index contributed by atoms with van der Waals surface area (Å²) in [5.41, 5.74) is 5.65. The van der Waals surface area contributed by atoms with Crippen molar-refractivity contribution in [1.29, 1.82) is 5.26 Å². The van der Waals surface area contributed by atoms with Gasteiger partial charge in [0.2, 0.25) is 5.91 Å². The molecule has 204 valence electrons. The number of dihydropyridines is 1. The minimum atomic E-state index is -0.615. The Morgan fingerprint density at radius 1 is 1.00 bits per heavy atom. The number of benzene rings is 3. The van der Waals surface area contributed by atoms with E-state index >= 15 is 0 Å². The van der Waals surface area contributed by atoms with Crippen LogP contribution in [0.5, 0.6) is 5.75 Å². The number of hydrogen-bond acceptors (Lipinski definition) is 6. The monoisotopic (exact) mass is 552 g/mol. The van der Waals surface area contributed by atoms with Crippen molar-refractivity contribution in [1.82, 2.24) is 5.32 Å². The van der Waals surface area contributed by atoms with Crippen molar-refractivity contribution in [3.63, 3.8) is 0 Å². The molecular weight excluding hydrogens is 520 g/mol. The summed E-state index contributed by atoms with van der Waals surface area (Å²) < 4.78 is 5.40. The molecule has 3 N–H and O–H groups in total. The molecular formula is C32H32N4O3S. The molecule has 0 fully saturated rings. The molecule has 0 bridgehead atoms. The third kappa shape index (κ3) is 6.22. The molecule has 0 saturated heterocycles. The van der Waals surface area contributed by atoms with Gasteiger partial charge in [0.1, 0.15) is 5.75 Å². The Morgan fingerprint density at radius 2 is 1.73 bits per heavy atom. The van der Waals surface area contributed by atoms with Gasteiger partial charge in [0.15, 0.2) is 0 Å². The number of methoxy groups -OCH3 is 1. The summed E-state index contributed by atoms with van der Waals surface area (Å²) >= 11 is 1.25. The van der Waals surface area contributed by atoms with Crippen LogP contribution in [-0.4, -0.2) is 24.7 Å². The quantitative estimate of drug-likeness (QED) is 0.289. The van der Waals surface area contributed by atoms with E-state index in [1.165, 1.54) is 11.8 Å². The fourth-order valence-corrected chi connectivity index (χ4v) is 5.65. The van der Waals surface area contributed by atoms with Gasteiger partial charge in [-0.25, -0.2) is 0 Å². The van der Waals surface area contributed by atoms with Crippen LogP contribution in [0, 0.1) is 18.3 Å². The third-order valence-corrected chi connectivity index (χ3v) is 7.75. The molecule has 40 heavy (non-hydrogen) atoms. The molecule has 2 amide bonds. The zero-order valence-electron chi connectivity index (χ0n) is 23.0. The highest BCUT2D eigenvalue weighted by Gasteiger charge is 2.35. The van der Waals surface area contributed by atoms with E-state index in [1.807, 2.05) is 74.5 Å². The Kier molecular flexibility index (Phi) is 9.31. The Bertz CT molecular complexity index is 1520. The molecule has 1 atom stereocenters. The van der Waals surface area contributed by atoms with Crippen molar-refractivity contribution in [2.75, 3.05) is 23.5 Å². The molecule has 0 radical (unpaired) electrons. The molecule has 0 aromatic heterocycles. The first-order chi connectivity index (χ1) is 19.4. The number of nitriles is 1. The number of rotatable bonds is 9. The maximum absolute atomic E-state index is 13.7. The highest BCUT2D eigenvalue weighted by atomic mass is 32.2.